The minimum Gasteiger partial charge on any atom is -0.464 e. The number of aryl methyl sites for hydroxylation is 1. The molecule has 10 heteroatoms. The number of anilines is 1. The molecule has 1 aliphatic heterocycles. The topological polar surface area (TPSA) is 99.5 Å². The normalized spacial score (nSPS) is 14.8. The van der Waals surface area contributed by atoms with E-state index in [1.807, 2.05) is 6.92 Å². The molecule has 3 heterocycles. The highest BCUT2D eigenvalue weighted by atomic mass is 35.5. The number of aromatic nitrogens is 2. The molecule has 0 spiro atoms. The molecule has 3 aromatic rings. The van der Waals surface area contributed by atoms with Crippen LogP contribution in [0.4, 0.5) is 5.82 Å². The molecule has 8 nitrogen and oxygen atoms in total. The zero-order valence-electron chi connectivity index (χ0n) is 18.2. The van der Waals surface area contributed by atoms with E-state index in [1.165, 1.54) is 37.7 Å². The molecule has 33 heavy (non-hydrogen) atoms. The van der Waals surface area contributed by atoms with Crippen LogP contribution in [0, 0.1) is 6.92 Å². The summed E-state index contributed by atoms with van der Waals surface area (Å²) in [6, 6.07) is 9.82. The van der Waals surface area contributed by atoms with Crippen LogP contribution in [0.15, 0.2) is 53.7 Å². The fourth-order valence-corrected chi connectivity index (χ4v) is 5.22. The lowest BCUT2D eigenvalue weighted by atomic mass is 10.1. The summed E-state index contributed by atoms with van der Waals surface area (Å²) in [7, 11) is -2.85. The third kappa shape index (κ3) is 4.90. The quantitative estimate of drug-likeness (QED) is 0.520. The van der Waals surface area contributed by atoms with Crippen LogP contribution >= 0.6 is 11.6 Å². The number of halogens is 1. The van der Waals surface area contributed by atoms with Crippen LogP contribution in [0.3, 0.4) is 0 Å². The predicted molar refractivity (Wildman–Crippen MR) is 125 cm³/mol. The Morgan fingerprint density at radius 3 is 2.58 bits per heavy atom. The number of nitrogens with one attached hydrogen (secondary N) is 1. The summed E-state index contributed by atoms with van der Waals surface area (Å²) in [6.07, 6.45) is 4.59. The fourth-order valence-electron chi connectivity index (χ4n) is 3.66. The van der Waals surface area contributed by atoms with Gasteiger partial charge in [0, 0.05) is 42.8 Å². The van der Waals surface area contributed by atoms with Crippen molar-refractivity contribution < 1.29 is 22.7 Å². The first-order valence-electron chi connectivity index (χ1n) is 10.4. The van der Waals surface area contributed by atoms with Gasteiger partial charge in [-0.3, -0.25) is 0 Å². The number of pyridine rings is 1. The zero-order valence-corrected chi connectivity index (χ0v) is 19.8. The molecule has 174 valence electrons. The second-order valence-corrected chi connectivity index (χ2v) is 10.0. The molecular weight excluding hydrogens is 466 g/mol. The Kier molecular flexibility index (Phi) is 6.73. The summed E-state index contributed by atoms with van der Waals surface area (Å²) < 4.78 is 37.8. The van der Waals surface area contributed by atoms with Gasteiger partial charge in [0.05, 0.1) is 17.0 Å². The molecule has 0 aliphatic carbocycles. The van der Waals surface area contributed by atoms with Gasteiger partial charge in [0.25, 0.3) is 10.0 Å². The molecule has 0 unspecified atom stereocenters. The maximum absolute atomic E-state index is 13.3. The monoisotopic (exact) mass is 489 g/mol. The SMILES string of the molecule is COC(=O)c1cc(-c2cc(NC3CCOCC3)ncc2Cl)cn1S(=O)(=O)c1ccc(C)cc1. The summed E-state index contributed by atoms with van der Waals surface area (Å²) in [6.45, 7) is 3.22. The maximum Gasteiger partial charge on any atom is 0.355 e. The van der Waals surface area contributed by atoms with E-state index in [4.69, 9.17) is 21.1 Å². The second kappa shape index (κ2) is 9.54. The molecule has 1 aliphatic rings. The van der Waals surface area contributed by atoms with Crippen LogP contribution < -0.4 is 5.32 Å². The molecule has 0 bridgehead atoms. The number of benzene rings is 1. The molecule has 1 aromatic carbocycles. The third-order valence-electron chi connectivity index (χ3n) is 5.50. The molecule has 0 amide bonds. The van der Waals surface area contributed by atoms with Crippen molar-refractivity contribution in [3.05, 3.63) is 65.1 Å². The third-order valence-corrected chi connectivity index (χ3v) is 7.49. The number of hydrogen-bond acceptors (Lipinski definition) is 7. The lowest BCUT2D eigenvalue weighted by molar-refractivity contribution is 0.0593. The van der Waals surface area contributed by atoms with Crippen molar-refractivity contribution in [1.29, 1.82) is 0 Å². The lowest BCUT2D eigenvalue weighted by Crippen LogP contribution is -2.28. The van der Waals surface area contributed by atoms with E-state index in [1.54, 1.807) is 18.2 Å². The molecule has 2 aromatic heterocycles. The average Bonchev–Trinajstić information content (AvgIpc) is 3.27. The summed E-state index contributed by atoms with van der Waals surface area (Å²) in [5, 5.41) is 3.70. The van der Waals surface area contributed by atoms with Crippen molar-refractivity contribution >= 4 is 33.4 Å². The highest BCUT2D eigenvalue weighted by Crippen LogP contribution is 2.33. The van der Waals surface area contributed by atoms with Crippen LogP contribution in [0.1, 0.15) is 28.9 Å². The number of carbonyl (C=O) groups excluding carboxylic acids is 1. The van der Waals surface area contributed by atoms with Gasteiger partial charge in [-0.25, -0.2) is 22.2 Å². The van der Waals surface area contributed by atoms with Gasteiger partial charge in [-0.1, -0.05) is 29.3 Å². The van der Waals surface area contributed by atoms with Crippen LogP contribution in [-0.2, 0) is 19.5 Å². The Hall–Kier alpha value is -2.88. The lowest BCUT2D eigenvalue weighted by Gasteiger charge is -2.23. The minimum absolute atomic E-state index is 0.0584. The van der Waals surface area contributed by atoms with Gasteiger partial charge < -0.3 is 14.8 Å². The molecule has 0 saturated carbocycles. The van der Waals surface area contributed by atoms with Gasteiger partial charge in [0.15, 0.2) is 0 Å². The standard InChI is InChI=1S/C23H24ClN3O5S/c1-15-3-5-18(6-4-15)33(29,30)27-14-16(11-21(27)23(28)31-2)19-12-22(25-13-20(19)24)26-17-7-9-32-10-8-17/h3-6,11-14,17H,7-10H2,1-2H3,(H,25,26). The van der Waals surface area contributed by atoms with E-state index >= 15 is 0 Å². The van der Waals surface area contributed by atoms with E-state index < -0.39 is 16.0 Å². The summed E-state index contributed by atoms with van der Waals surface area (Å²) >= 11 is 6.41. The second-order valence-electron chi connectivity index (χ2n) is 7.80. The molecule has 1 fully saturated rings. The molecule has 1 N–H and O–H groups in total. The minimum atomic E-state index is -4.05. The van der Waals surface area contributed by atoms with E-state index in [9.17, 15) is 13.2 Å². The Morgan fingerprint density at radius 2 is 1.91 bits per heavy atom. The Balaban J connectivity index is 1.76. The van der Waals surface area contributed by atoms with Crippen molar-refractivity contribution in [1.82, 2.24) is 8.96 Å². The molecule has 0 radical (unpaired) electrons. The van der Waals surface area contributed by atoms with Gasteiger partial charge in [-0.05, 0) is 44.0 Å². The Labute approximate surface area is 197 Å². The average molecular weight is 490 g/mol. The van der Waals surface area contributed by atoms with Gasteiger partial charge in [0.1, 0.15) is 11.5 Å². The van der Waals surface area contributed by atoms with E-state index in [0.29, 0.717) is 35.2 Å². The van der Waals surface area contributed by atoms with Gasteiger partial charge >= 0.3 is 5.97 Å². The van der Waals surface area contributed by atoms with Crippen molar-refractivity contribution in [2.45, 2.75) is 30.7 Å². The summed E-state index contributed by atoms with van der Waals surface area (Å²) in [5.74, 6) is -0.169. The highest BCUT2D eigenvalue weighted by Gasteiger charge is 2.26. The molecule has 0 atom stereocenters. The van der Waals surface area contributed by atoms with Crippen molar-refractivity contribution in [2.24, 2.45) is 0 Å². The first kappa shape index (κ1) is 23.3. The number of carbonyl (C=O) groups is 1. The van der Waals surface area contributed by atoms with E-state index in [0.717, 1.165) is 22.4 Å². The van der Waals surface area contributed by atoms with Crippen molar-refractivity contribution in [2.75, 3.05) is 25.6 Å². The first-order chi connectivity index (χ1) is 15.8. The highest BCUT2D eigenvalue weighted by molar-refractivity contribution is 7.90. The predicted octanol–water partition coefficient (Wildman–Crippen LogP) is 4.13. The number of ether oxygens (including phenoxy) is 2. The number of hydrogen-bond donors (Lipinski definition) is 1. The molecular formula is C23H24ClN3O5S. The van der Waals surface area contributed by atoms with Gasteiger partial charge in [0.2, 0.25) is 0 Å². The number of nitrogens with zero attached hydrogens (tertiary/aromatic N) is 2. The van der Waals surface area contributed by atoms with Crippen molar-refractivity contribution in [3.8, 4) is 11.1 Å². The smallest absolute Gasteiger partial charge is 0.355 e. The number of methoxy groups -OCH3 is 1. The Bertz CT molecular complexity index is 1270. The van der Waals surface area contributed by atoms with Crippen LogP contribution in [0.2, 0.25) is 5.02 Å². The van der Waals surface area contributed by atoms with E-state index in [2.05, 4.69) is 10.3 Å². The fraction of sp³-hybridized carbons (Fsp3) is 0.304. The van der Waals surface area contributed by atoms with Crippen LogP contribution in [-0.4, -0.2) is 49.7 Å². The van der Waals surface area contributed by atoms with Gasteiger partial charge in [-0.15, -0.1) is 0 Å². The Morgan fingerprint density at radius 1 is 1.21 bits per heavy atom. The molecule has 1 saturated heterocycles. The molecule has 4 rings (SSSR count). The van der Waals surface area contributed by atoms with E-state index in [-0.39, 0.29) is 16.6 Å². The summed E-state index contributed by atoms with van der Waals surface area (Å²) in [4.78, 5) is 16.9. The maximum atomic E-state index is 13.3. The van der Waals surface area contributed by atoms with Gasteiger partial charge in [-0.2, -0.15) is 0 Å². The zero-order chi connectivity index (χ0) is 23.6. The van der Waals surface area contributed by atoms with Crippen LogP contribution in [0.25, 0.3) is 11.1 Å². The van der Waals surface area contributed by atoms with Crippen molar-refractivity contribution in [3.63, 3.8) is 0 Å². The number of esters is 1. The summed E-state index contributed by atoms with van der Waals surface area (Å²) in [5.41, 5.74) is 1.79. The number of rotatable bonds is 6. The largest absolute Gasteiger partial charge is 0.464 e. The van der Waals surface area contributed by atoms with Crippen LogP contribution in [0.5, 0.6) is 0 Å². The first-order valence-corrected chi connectivity index (χ1v) is 12.2.